The number of carbonyl (C=O) groups is 2. The average molecular weight is 321 g/mol. The van der Waals surface area contributed by atoms with Crippen LogP contribution < -0.4 is 10.6 Å². The number of nitrogens with one attached hydrogen (secondary N) is 2. The third-order valence-electron chi connectivity index (χ3n) is 3.51. The molecular formula is C18H15N3O3. The zero-order chi connectivity index (χ0) is 17.1. The molecule has 6 nitrogen and oxygen atoms in total. The molecule has 0 bridgehead atoms. The number of pyridine rings is 1. The first-order chi connectivity index (χ1) is 11.5. The van der Waals surface area contributed by atoms with Crippen LogP contribution in [0.4, 0.5) is 11.5 Å². The van der Waals surface area contributed by atoms with Gasteiger partial charge in [-0.25, -0.2) is 4.98 Å². The molecule has 0 aliphatic carbocycles. The monoisotopic (exact) mass is 321 g/mol. The maximum absolute atomic E-state index is 12.1. The summed E-state index contributed by atoms with van der Waals surface area (Å²) in [6.07, 6.45) is 1.60. The summed E-state index contributed by atoms with van der Waals surface area (Å²) >= 11 is 0. The smallest absolute Gasteiger partial charge is 0.315 e. The lowest BCUT2D eigenvalue weighted by Crippen LogP contribution is -2.29. The lowest BCUT2D eigenvalue weighted by molar-refractivity contribution is -0.133. The summed E-state index contributed by atoms with van der Waals surface area (Å²) in [7, 11) is 0. The summed E-state index contributed by atoms with van der Waals surface area (Å²) in [5.41, 5.74) is 1.40. The van der Waals surface area contributed by atoms with Gasteiger partial charge in [-0.15, -0.1) is 0 Å². The zero-order valence-corrected chi connectivity index (χ0v) is 12.9. The predicted octanol–water partition coefficient (Wildman–Crippen LogP) is 2.83. The van der Waals surface area contributed by atoms with Crippen LogP contribution in [0.3, 0.4) is 0 Å². The van der Waals surface area contributed by atoms with Gasteiger partial charge in [0.15, 0.2) is 0 Å². The summed E-state index contributed by atoms with van der Waals surface area (Å²) in [6, 6.07) is 13.5. The van der Waals surface area contributed by atoms with Crippen LogP contribution in [0.2, 0.25) is 0 Å². The van der Waals surface area contributed by atoms with Gasteiger partial charge < -0.3 is 15.7 Å². The number of aromatic hydroxyl groups is 1. The third kappa shape index (κ3) is 3.17. The van der Waals surface area contributed by atoms with Crippen LogP contribution in [0.1, 0.15) is 5.56 Å². The number of hydrogen-bond acceptors (Lipinski definition) is 4. The zero-order valence-electron chi connectivity index (χ0n) is 12.9. The highest BCUT2D eigenvalue weighted by Gasteiger charge is 2.16. The molecule has 120 valence electrons. The van der Waals surface area contributed by atoms with Crippen molar-refractivity contribution in [3.63, 3.8) is 0 Å². The fourth-order valence-corrected chi connectivity index (χ4v) is 2.30. The van der Waals surface area contributed by atoms with Crippen LogP contribution in [0.25, 0.3) is 10.8 Å². The molecule has 3 aromatic rings. The highest BCUT2D eigenvalue weighted by atomic mass is 16.3. The van der Waals surface area contributed by atoms with Gasteiger partial charge in [0.25, 0.3) is 0 Å². The van der Waals surface area contributed by atoms with Gasteiger partial charge in [-0.05, 0) is 30.7 Å². The average Bonchev–Trinajstić information content (AvgIpc) is 2.58. The van der Waals surface area contributed by atoms with Crippen LogP contribution in [-0.2, 0) is 9.59 Å². The summed E-state index contributed by atoms with van der Waals surface area (Å²) in [6.45, 7) is 1.88. The lowest BCUT2D eigenvalue weighted by Gasteiger charge is -2.09. The molecule has 24 heavy (non-hydrogen) atoms. The van der Waals surface area contributed by atoms with Crippen molar-refractivity contribution in [3.05, 3.63) is 60.3 Å². The number of anilines is 2. The number of amides is 2. The number of nitrogens with zero attached hydrogens (tertiary/aromatic N) is 1. The van der Waals surface area contributed by atoms with E-state index < -0.39 is 11.8 Å². The van der Waals surface area contributed by atoms with Crippen LogP contribution in [0, 0.1) is 6.92 Å². The number of phenolic OH excluding ortho intramolecular Hbond substituents is 1. The Morgan fingerprint density at radius 3 is 2.38 bits per heavy atom. The molecule has 0 fully saturated rings. The van der Waals surface area contributed by atoms with Crippen LogP contribution in [-0.4, -0.2) is 21.9 Å². The van der Waals surface area contributed by atoms with Gasteiger partial charge in [0, 0.05) is 22.7 Å². The molecule has 2 amide bonds. The fourth-order valence-electron chi connectivity index (χ4n) is 2.30. The Morgan fingerprint density at radius 1 is 0.917 bits per heavy atom. The quantitative estimate of drug-likeness (QED) is 0.633. The number of aromatic nitrogens is 1. The van der Waals surface area contributed by atoms with E-state index in [0.717, 1.165) is 5.56 Å². The maximum Gasteiger partial charge on any atom is 0.315 e. The Balaban J connectivity index is 1.78. The van der Waals surface area contributed by atoms with Crippen molar-refractivity contribution in [2.75, 3.05) is 10.6 Å². The molecule has 6 heteroatoms. The number of phenols is 1. The third-order valence-corrected chi connectivity index (χ3v) is 3.51. The van der Waals surface area contributed by atoms with Crippen molar-refractivity contribution < 1.29 is 14.7 Å². The van der Waals surface area contributed by atoms with E-state index in [2.05, 4.69) is 15.6 Å². The van der Waals surface area contributed by atoms with Crippen molar-refractivity contribution >= 4 is 34.1 Å². The highest BCUT2D eigenvalue weighted by Crippen LogP contribution is 2.29. The number of aryl methyl sites for hydroxylation is 1. The Hall–Kier alpha value is -3.41. The molecule has 1 heterocycles. The van der Waals surface area contributed by atoms with Gasteiger partial charge in [-0.1, -0.05) is 30.3 Å². The Kier molecular flexibility index (Phi) is 4.11. The van der Waals surface area contributed by atoms with E-state index in [1.54, 1.807) is 54.7 Å². The molecule has 2 aromatic carbocycles. The molecule has 0 spiro atoms. The largest absolute Gasteiger partial charge is 0.507 e. The van der Waals surface area contributed by atoms with Gasteiger partial charge in [-0.2, -0.15) is 0 Å². The first-order valence-corrected chi connectivity index (χ1v) is 7.30. The molecule has 0 aliphatic heterocycles. The molecule has 0 saturated heterocycles. The van der Waals surface area contributed by atoms with Crippen LogP contribution in [0.15, 0.2) is 54.7 Å². The first-order valence-electron chi connectivity index (χ1n) is 7.30. The van der Waals surface area contributed by atoms with Crippen molar-refractivity contribution in [2.45, 2.75) is 6.92 Å². The maximum atomic E-state index is 12.1. The van der Waals surface area contributed by atoms with Crippen molar-refractivity contribution in [1.29, 1.82) is 0 Å². The number of rotatable bonds is 2. The number of benzene rings is 2. The molecule has 1 aromatic heterocycles. The number of hydrogen-bond donors (Lipinski definition) is 3. The Morgan fingerprint density at radius 2 is 1.62 bits per heavy atom. The summed E-state index contributed by atoms with van der Waals surface area (Å²) in [5.74, 6) is -1.22. The molecule has 0 saturated carbocycles. The minimum Gasteiger partial charge on any atom is -0.507 e. The van der Waals surface area contributed by atoms with Gasteiger partial charge in [0.05, 0.1) is 0 Å². The van der Waals surface area contributed by atoms with Crippen molar-refractivity contribution in [3.8, 4) is 5.75 Å². The van der Waals surface area contributed by atoms with Crippen molar-refractivity contribution in [1.82, 2.24) is 4.98 Å². The standard InChI is InChI=1S/C18H15N3O3/c1-11-8-9-16(19-10-11)21-18(24)17(23)20-14-6-2-5-13-12(14)4-3-7-15(13)22/h2-10,22H,1H3,(H,20,23)(H,19,21,24). The minimum atomic E-state index is -0.816. The van der Waals surface area contributed by atoms with Gasteiger partial charge in [-0.3, -0.25) is 9.59 Å². The summed E-state index contributed by atoms with van der Waals surface area (Å²) in [5, 5.41) is 16.1. The van der Waals surface area contributed by atoms with E-state index >= 15 is 0 Å². The SMILES string of the molecule is Cc1ccc(NC(=O)C(=O)Nc2cccc3c(O)cccc23)nc1. The number of carbonyl (C=O) groups excluding carboxylic acids is 2. The second kappa shape index (κ2) is 6.37. The predicted molar refractivity (Wildman–Crippen MR) is 91.8 cm³/mol. The topological polar surface area (TPSA) is 91.3 Å². The van der Waals surface area contributed by atoms with Crippen LogP contribution in [0.5, 0.6) is 5.75 Å². The molecule has 0 atom stereocenters. The Bertz CT molecular complexity index is 920. The fraction of sp³-hybridized carbons (Fsp3) is 0.0556. The summed E-state index contributed by atoms with van der Waals surface area (Å²) in [4.78, 5) is 28.1. The molecule has 3 N–H and O–H groups in total. The van der Waals surface area contributed by atoms with E-state index in [9.17, 15) is 14.7 Å². The molecular weight excluding hydrogens is 306 g/mol. The highest BCUT2D eigenvalue weighted by molar-refractivity contribution is 6.44. The minimum absolute atomic E-state index is 0.108. The molecule has 3 rings (SSSR count). The van der Waals surface area contributed by atoms with Gasteiger partial charge in [0.1, 0.15) is 11.6 Å². The molecule has 0 unspecified atom stereocenters. The van der Waals surface area contributed by atoms with E-state index in [0.29, 0.717) is 22.3 Å². The van der Waals surface area contributed by atoms with Crippen LogP contribution >= 0.6 is 0 Å². The molecule has 0 radical (unpaired) electrons. The van der Waals surface area contributed by atoms with Gasteiger partial charge >= 0.3 is 11.8 Å². The second-order valence-corrected chi connectivity index (χ2v) is 5.31. The number of fused-ring (bicyclic) bond motifs is 1. The lowest BCUT2D eigenvalue weighted by atomic mass is 10.1. The second-order valence-electron chi connectivity index (χ2n) is 5.31. The van der Waals surface area contributed by atoms with E-state index in [4.69, 9.17) is 0 Å². The van der Waals surface area contributed by atoms with Gasteiger partial charge in [0.2, 0.25) is 0 Å². The Labute approximate surface area is 138 Å². The normalized spacial score (nSPS) is 10.4. The van der Waals surface area contributed by atoms with E-state index in [1.807, 2.05) is 6.92 Å². The van der Waals surface area contributed by atoms with E-state index in [-0.39, 0.29) is 5.75 Å². The first kappa shape index (κ1) is 15.5. The summed E-state index contributed by atoms with van der Waals surface area (Å²) < 4.78 is 0. The van der Waals surface area contributed by atoms with Crippen molar-refractivity contribution in [2.24, 2.45) is 0 Å². The molecule has 0 aliphatic rings. The van der Waals surface area contributed by atoms with E-state index in [1.165, 1.54) is 0 Å².